The van der Waals surface area contributed by atoms with Crippen LogP contribution in [0, 0.1) is 0 Å². The summed E-state index contributed by atoms with van der Waals surface area (Å²) in [5.41, 5.74) is 1.93. The number of anilines is 2. The second kappa shape index (κ2) is 5.39. The molecule has 18 heavy (non-hydrogen) atoms. The molecule has 2 aromatic heterocycles. The Labute approximate surface area is 106 Å². The monoisotopic (exact) mass is 247 g/mol. The molecule has 0 aliphatic heterocycles. The molecule has 0 radical (unpaired) electrons. The van der Waals surface area contributed by atoms with Gasteiger partial charge in [-0.15, -0.1) is 0 Å². The van der Waals surface area contributed by atoms with E-state index < -0.39 is 0 Å². The molecule has 0 aliphatic rings. The van der Waals surface area contributed by atoms with E-state index in [1.807, 2.05) is 32.3 Å². The Morgan fingerprint density at radius 2 is 2.22 bits per heavy atom. The molecule has 2 N–H and O–H groups in total. The number of nitrogens with zero attached hydrogens (tertiary/aromatic N) is 3. The molecular formula is C12H17N5O. The lowest BCUT2D eigenvalue weighted by molar-refractivity contribution is 0.373. The first kappa shape index (κ1) is 12.2. The highest BCUT2D eigenvalue weighted by atomic mass is 16.5. The Morgan fingerprint density at radius 3 is 2.89 bits per heavy atom. The number of pyridine rings is 1. The second-order valence-corrected chi connectivity index (χ2v) is 3.83. The summed E-state index contributed by atoms with van der Waals surface area (Å²) in [6.45, 7) is 0.643. The van der Waals surface area contributed by atoms with Crippen LogP contribution in [0.3, 0.4) is 0 Å². The maximum Gasteiger partial charge on any atom is 0.211 e. The number of aromatic nitrogens is 3. The van der Waals surface area contributed by atoms with Crippen molar-refractivity contribution in [2.24, 2.45) is 7.05 Å². The van der Waals surface area contributed by atoms with Gasteiger partial charge in [0, 0.05) is 38.1 Å². The molecule has 0 saturated heterocycles. The normalized spacial score (nSPS) is 10.2. The lowest BCUT2D eigenvalue weighted by atomic mass is 10.3. The zero-order valence-corrected chi connectivity index (χ0v) is 10.8. The van der Waals surface area contributed by atoms with Gasteiger partial charge < -0.3 is 15.4 Å². The van der Waals surface area contributed by atoms with Crippen molar-refractivity contribution in [3.63, 3.8) is 0 Å². The van der Waals surface area contributed by atoms with E-state index in [0.29, 0.717) is 6.54 Å². The van der Waals surface area contributed by atoms with Crippen molar-refractivity contribution in [3.8, 4) is 5.88 Å². The fraction of sp³-hybridized carbons (Fsp3) is 0.333. The highest BCUT2D eigenvalue weighted by molar-refractivity contribution is 5.51. The lowest BCUT2D eigenvalue weighted by Gasteiger charge is -2.05. The van der Waals surface area contributed by atoms with Crippen molar-refractivity contribution in [3.05, 3.63) is 30.1 Å². The SMILES string of the molecule is CNc1cc(NCc2cc(OC)n(C)n2)ccn1. The van der Waals surface area contributed by atoms with Crippen LogP contribution in [0.2, 0.25) is 0 Å². The Bertz CT molecular complexity index is 523. The van der Waals surface area contributed by atoms with Gasteiger partial charge in [-0.05, 0) is 6.07 Å². The largest absolute Gasteiger partial charge is 0.481 e. The maximum atomic E-state index is 5.17. The molecule has 0 unspecified atom stereocenters. The number of methoxy groups -OCH3 is 1. The van der Waals surface area contributed by atoms with Crippen LogP contribution >= 0.6 is 0 Å². The van der Waals surface area contributed by atoms with E-state index in [4.69, 9.17) is 4.74 Å². The van der Waals surface area contributed by atoms with Crippen molar-refractivity contribution in [2.45, 2.75) is 6.54 Å². The zero-order valence-electron chi connectivity index (χ0n) is 10.8. The number of aryl methyl sites for hydroxylation is 1. The van der Waals surface area contributed by atoms with E-state index in [0.717, 1.165) is 23.1 Å². The van der Waals surface area contributed by atoms with Gasteiger partial charge in [-0.25, -0.2) is 9.67 Å². The number of nitrogens with one attached hydrogen (secondary N) is 2. The number of ether oxygens (including phenoxy) is 1. The standard InChI is InChI=1S/C12H17N5O/c1-13-11-6-9(4-5-14-11)15-8-10-7-12(18-3)17(2)16-10/h4-7H,8H2,1-3H3,(H2,13,14,15). The van der Waals surface area contributed by atoms with Gasteiger partial charge in [-0.3, -0.25) is 0 Å². The zero-order chi connectivity index (χ0) is 13.0. The van der Waals surface area contributed by atoms with Crippen LogP contribution in [-0.2, 0) is 13.6 Å². The van der Waals surface area contributed by atoms with Gasteiger partial charge in [-0.1, -0.05) is 0 Å². The van der Waals surface area contributed by atoms with Crippen LogP contribution in [0.25, 0.3) is 0 Å². The molecule has 0 aromatic carbocycles. The summed E-state index contributed by atoms with van der Waals surface area (Å²) in [5, 5.41) is 10.6. The molecule has 6 nitrogen and oxygen atoms in total. The van der Waals surface area contributed by atoms with Gasteiger partial charge in [0.1, 0.15) is 5.82 Å². The molecular weight excluding hydrogens is 230 g/mol. The summed E-state index contributed by atoms with van der Waals surface area (Å²) in [6.07, 6.45) is 1.76. The van der Waals surface area contributed by atoms with Crippen molar-refractivity contribution < 1.29 is 4.74 Å². The van der Waals surface area contributed by atoms with Gasteiger partial charge in [0.15, 0.2) is 0 Å². The maximum absolute atomic E-state index is 5.17. The predicted octanol–water partition coefficient (Wildman–Crippen LogP) is 1.48. The van der Waals surface area contributed by atoms with Crippen LogP contribution in [-0.4, -0.2) is 28.9 Å². The highest BCUT2D eigenvalue weighted by Crippen LogP contribution is 2.15. The van der Waals surface area contributed by atoms with Gasteiger partial charge in [0.25, 0.3) is 0 Å². The molecule has 0 fully saturated rings. The average Bonchev–Trinajstić information content (AvgIpc) is 2.77. The third-order valence-electron chi connectivity index (χ3n) is 2.59. The topological polar surface area (TPSA) is 64.0 Å². The number of rotatable bonds is 5. The number of hydrogen-bond donors (Lipinski definition) is 2. The Kier molecular flexibility index (Phi) is 3.66. The molecule has 0 saturated carbocycles. The summed E-state index contributed by atoms with van der Waals surface area (Å²) in [7, 11) is 5.33. The first-order valence-corrected chi connectivity index (χ1v) is 5.67. The summed E-state index contributed by atoms with van der Waals surface area (Å²) in [5.74, 6) is 1.58. The van der Waals surface area contributed by atoms with Crippen molar-refractivity contribution in [1.29, 1.82) is 0 Å². The van der Waals surface area contributed by atoms with Crippen molar-refractivity contribution >= 4 is 11.5 Å². The van der Waals surface area contributed by atoms with E-state index in [1.54, 1.807) is 18.0 Å². The first-order chi connectivity index (χ1) is 8.72. The third kappa shape index (κ3) is 2.71. The third-order valence-corrected chi connectivity index (χ3v) is 2.59. The van der Waals surface area contributed by atoms with E-state index in [2.05, 4.69) is 20.7 Å². The Hall–Kier alpha value is -2.24. The van der Waals surface area contributed by atoms with Crippen molar-refractivity contribution in [1.82, 2.24) is 14.8 Å². The van der Waals surface area contributed by atoms with E-state index in [-0.39, 0.29) is 0 Å². The fourth-order valence-electron chi connectivity index (χ4n) is 1.65. The van der Waals surface area contributed by atoms with E-state index in [9.17, 15) is 0 Å². The van der Waals surface area contributed by atoms with Crippen LogP contribution in [0.4, 0.5) is 11.5 Å². The molecule has 96 valence electrons. The smallest absolute Gasteiger partial charge is 0.211 e. The van der Waals surface area contributed by atoms with Gasteiger partial charge in [0.2, 0.25) is 5.88 Å². The minimum absolute atomic E-state index is 0.643. The van der Waals surface area contributed by atoms with Crippen molar-refractivity contribution in [2.75, 3.05) is 24.8 Å². The van der Waals surface area contributed by atoms with Crippen LogP contribution in [0.1, 0.15) is 5.69 Å². The minimum atomic E-state index is 0.643. The predicted molar refractivity (Wildman–Crippen MR) is 70.9 cm³/mol. The highest BCUT2D eigenvalue weighted by Gasteiger charge is 2.04. The summed E-state index contributed by atoms with van der Waals surface area (Å²) in [6, 6.07) is 5.77. The summed E-state index contributed by atoms with van der Waals surface area (Å²) >= 11 is 0. The van der Waals surface area contributed by atoms with Gasteiger partial charge in [0.05, 0.1) is 19.3 Å². The van der Waals surface area contributed by atoms with Gasteiger partial charge in [-0.2, -0.15) is 5.10 Å². The Morgan fingerprint density at radius 1 is 1.39 bits per heavy atom. The lowest BCUT2D eigenvalue weighted by Crippen LogP contribution is -2.02. The molecule has 2 aromatic rings. The average molecular weight is 247 g/mol. The molecule has 0 aliphatic carbocycles. The van der Waals surface area contributed by atoms with Gasteiger partial charge >= 0.3 is 0 Å². The second-order valence-electron chi connectivity index (χ2n) is 3.83. The molecule has 6 heteroatoms. The number of hydrogen-bond acceptors (Lipinski definition) is 5. The molecule has 2 rings (SSSR count). The molecule has 0 spiro atoms. The Balaban J connectivity index is 2.01. The summed E-state index contributed by atoms with van der Waals surface area (Å²) in [4.78, 5) is 4.15. The molecule has 2 heterocycles. The first-order valence-electron chi connectivity index (χ1n) is 5.67. The van der Waals surface area contributed by atoms with Crippen LogP contribution in [0.5, 0.6) is 5.88 Å². The molecule has 0 amide bonds. The fourth-order valence-corrected chi connectivity index (χ4v) is 1.65. The van der Waals surface area contributed by atoms with Crippen LogP contribution in [0.15, 0.2) is 24.4 Å². The van der Waals surface area contributed by atoms with E-state index >= 15 is 0 Å². The van der Waals surface area contributed by atoms with E-state index in [1.165, 1.54) is 0 Å². The summed E-state index contributed by atoms with van der Waals surface area (Å²) < 4.78 is 6.88. The molecule has 0 atom stereocenters. The van der Waals surface area contributed by atoms with Crippen LogP contribution < -0.4 is 15.4 Å². The minimum Gasteiger partial charge on any atom is -0.481 e. The quantitative estimate of drug-likeness (QED) is 0.838. The molecule has 0 bridgehead atoms.